The Labute approximate surface area is 79.6 Å². The second-order valence-corrected chi connectivity index (χ2v) is 2.95. The summed E-state index contributed by atoms with van der Waals surface area (Å²) < 4.78 is 1.48. The van der Waals surface area contributed by atoms with Crippen LogP contribution < -0.4 is 5.73 Å². The van der Waals surface area contributed by atoms with E-state index in [1.54, 1.807) is 0 Å². The van der Waals surface area contributed by atoms with Crippen molar-refractivity contribution in [3.8, 4) is 0 Å². The third-order valence-electron chi connectivity index (χ3n) is 1.87. The van der Waals surface area contributed by atoms with Crippen molar-refractivity contribution in [1.29, 1.82) is 0 Å². The normalized spacial score (nSPS) is 10.9. The number of rotatable bonds is 1. The smallest absolute Gasteiger partial charge is 0.255 e. The maximum Gasteiger partial charge on any atom is 0.255 e. The van der Waals surface area contributed by atoms with Gasteiger partial charge < -0.3 is 5.73 Å². The molecule has 2 rings (SSSR count). The van der Waals surface area contributed by atoms with E-state index < -0.39 is 0 Å². The van der Waals surface area contributed by atoms with Crippen molar-refractivity contribution in [3.63, 3.8) is 0 Å². The number of anilines is 1. The van der Waals surface area contributed by atoms with Crippen molar-refractivity contribution >= 4 is 23.2 Å². The van der Waals surface area contributed by atoms with Crippen LogP contribution in [0.5, 0.6) is 0 Å². The Morgan fingerprint density at radius 1 is 1.62 bits per heavy atom. The Kier molecular flexibility index (Phi) is 1.81. The van der Waals surface area contributed by atoms with Crippen molar-refractivity contribution in [2.24, 2.45) is 0 Å². The van der Waals surface area contributed by atoms with Gasteiger partial charge in [-0.3, -0.25) is 0 Å². The second-order valence-electron chi connectivity index (χ2n) is 2.59. The summed E-state index contributed by atoms with van der Waals surface area (Å²) in [4.78, 5) is 7.93. The highest BCUT2D eigenvalue weighted by molar-refractivity contribution is 6.30. The maximum atomic E-state index is 5.89. The number of halogens is 1. The molecule has 0 radical (unpaired) electrons. The molecule has 0 saturated heterocycles. The molecule has 0 aliphatic carbocycles. The molecule has 0 bridgehead atoms. The van der Waals surface area contributed by atoms with Crippen LogP contribution in [0.3, 0.4) is 0 Å². The molecule has 0 fully saturated rings. The van der Waals surface area contributed by atoms with E-state index in [1.807, 2.05) is 6.92 Å². The van der Waals surface area contributed by atoms with Gasteiger partial charge in [0.15, 0.2) is 0 Å². The van der Waals surface area contributed by atoms with Crippen LogP contribution in [-0.4, -0.2) is 19.6 Å². The van der Waals surface area contributed by atoms with Crippen LogP contribution in [0.25, 0.3) is 5.78 Å². The van der Waals surface area contributed by atoms with E-state index in [-0.39, 0.29) is 0 Å². The predicted molar refractivity (Wildman–Crippen MR) is 49.6 cm³/mol. The predicted octanol–water partition coefficient (Wildman–Crippen LogP) is 0.922. The molecule has 6 heteroatoms. The summed E-state index contributed by atoms with van der Waals surface area (Å²) in [6.45, 7) is 1.96. The van der Waals surface area contributed by atoms with Gasteiger partial charge in [0.2, 0.25) is 0 Å². The van der Waals surface area contributed by atoms with Crippen LogP contribution in [0.1, 0.15) is 12.5 Å². The molecule has 0 unspecified atom stereocenters. The largest absolute Gasteiger partial charge is 0.383 e. The van der Waals surface area contributed by atoms with E-state index in [4.69, 9.17) is 17.3 Å². The number of hydrogen-bond acceptors (Lipinski definition) is 4. The van der Waals surface area contributed by atoms with Crippen LogP contribution in [0, 0.1) is 0 Å². The number of nitrogen functional groups attached to an aromatic ring is 1. The van der Waals surface area contributed by atoms with Crippen molar-refractivity contribution in [2.75, 3.05) is 5.73 Å². The number of nitrogens with two attached hydrogens (primary N) is 1. The summed E-state index contributed by atoms with van der Waals surface area (Å²) in [6, 6.07) is 0. The van der Waals surface area contributed by atoms with E-state index in [2.05, 4.69) is 15.1 Å². The summed E-state index contributed by atoms with van der Waals surface area (Å²) in [5, 5.41) is 4.33. The molecular formula is C7H8ClN5. The molecule has 0 saturated carbocycles. The van der Waals surface area contributed by atoms with Crippen LogP contribution in [0.15, 0.2) is 6.33 Å². The fourth-order valence-electron chi connectivity index (χ4n) is 1.20. The Morgan fingerprint density at radius 2 is 2.38 bits per heavy atom. The molecule has 2 aromatic rings. The van der Waals surface area contributed by atoms with Gasteiger partial charge in [0.05, 0.1) is 0 Å². The fourth-order valence-corrected chi connectivity index (χ4v) is 1.50. The third kappa shape index (κ3) is 1.12. The van der Waals surface area contributed by atoms with Crippen LogP contribution in [0.2, 0.25) is 5.15 Å². The summed E-state index contributed by atoms with van der Waals surface area (Å²) in [5.41, 5.74) is 6.62. The number of aromatic nitrogens is 4. The Bertz CT molecular complexity index is 449. The highest BCUT2D eigenvalue weighted by Gasteiger charge is 2.10. The van der Waals surface area contributed by atoms with Crippen LogP contribution in [0.4, 0.5) is 5.82 Å². The molecule has 2 heterocycles. The van der Waals surface area contributed by atoms with E-state index in [9.17, 15) is 0 Å². The summed E-state index contributed by atoms with van der Waals surface area (Å²) in [7, 11) is 0. The maximum absolute atomic E-state index is 5.89. The Balaban J connectivity index is 2.85. The van der Waals surface area contributed by atoms with E-state index in [1.165, 1.54) is 10.8 Å². The zero-order valence-corrected chi connectivity index (χ0v) is 7.78. The molecule has 0 atom stereocenters. The molecule has 68 valence electrons. The summed E-state index contributed by atoms with van der Waals surface area (Å²) in [6.07, 6.45) is 2.13. The SMILES string of the molecule is CCc1c(Cl)nc2ncnn2c1N. The van der Waals surface area contributed by atoms with Gasteiger partial charge in [0.25, 0.3) is 5.78 Å². The first-order valence-electron chi connectivity index (χ1n) is 3.87. The van der Waals surface area contributed by atoms with Crippen molar-refractivity contribution in [3.05, 3.63) is 17.0 Å². The van der Waals surface area contributed by atoms with E-state index in [0.717, 1.165) is 12.0 Å². The third-order valence-corrected chi connectivity index (χ3v) is 2.18. The van der Waals surface area contributed by atoms with Gasteiger partial charge in [0.1, 0.15) is 17.3 Å². The Hall–Kier alpha value is -1.36. The monoisotopic (exact) mass is 197 g/mol. The van der Waals surface area contributed by atoms with Gasteiger partial charge in [-0.1, -0.05) is 18.5 Å². The lowest BCUT2D eigenvalue weighted by molar-refractivity contribution is 0.925. The first kappa shape index (κ1) is 8.25. The molecule has 5 nitrogen and oxygen atoms in total. The number of fused-ring (bicyclic) bond motifs is 1. The van der Waals surface area contributed by atoms with Gasteiger partial charge >= 0.3 is 0 Å². The minimum Gasteiger partial charge on any atom is -0.383 e. The van der Waals surface area contributed by atoms with E-state index >= 15 is 0 Å². The highest BCUT2D eigenvalue weighted by Crippen LogP contribution is 2.20. The molecule has 0 spiro atoms. The molecule has 0 aliphatic heterocycles. The standard InChI is InChI=1S/C7H8ClN5/c1-2-4-5(8)12-7-10-3-11-13(7)6(4)9/h3H,2,9H2,1H3. The molecule has 0 aliphatic rings. The molecule has 0 amide bonds. The lowest BCUT2D eigenvalue weighted by Gasteiger charge is -2.05. The molecule has 2 N–H and O–H groups in total. The molecule has 0 aromatic carbocycles. The average molecular weight is 198 g/mol. The zero-order chi connectivity index (χ0) is 9.42. The molecule has 13 heavy (non-hydrogen) atoms. The van der Waals surface area contributed by atoms with Gasteiger partial charge in [0, 0.05) is 5.56 Å². The van der Waals surface area contributed by atoms with Crippen LogP contribution >= 0.6 is 11.6 Å². The zero-order valence-electron chi connectivity index (χ0n) is 7.03. The second kappa shape index (κ2) is 2.85. The summed E-state index contributed by atoms with van der Waals surface area (Å²) >= 11 is 5.89. The van der Waals surface area contributed by atoms with Crippen molar-refractivity contribution in [2.45, 2.75) is 13.3 Å². The molecule has 2 aromatic heterocycles. The summed E-state index contributed by atoms with van der Waals surface area (Å²) in [5.74, 6) is 0.940. The van der Waals surface area contributed by atoms with Crippen LogP contribution in [-0.2, 0) is 6.42 Å². The number of nitrogens with zero attached hydrogens (tertiary/aromatic N) is 4. The van der Waals surface area contributed by atoms with Gasteiger partial charge in [-0.15, -0.1) is 0 Å². The first-order chi connectivity index (χ1) is 6.24. The molecular weight excluding hydrogens is 190 g/mol. The average Bonchev–Trinajstić information content (AvgIpc) is 2.53. The highest BCUT2D eigenvalue weighted by atomic mass is 35.5. The van der Waals surface area contributed by atoms with Crippen molar-refractivity contribution < 1.29 is 0 Å². The van der Waals surface area contributed by atoms with Crippen molar-refractivity contribution in [1.82, 2.24) is 19.6 Å². The quantitative estimate of drug-likeness (QED) is 0.691. The fraction of sp³-hybridized carbons (Fsp3) is 0.286. The minimum absolute atomic E-state index is 0.403. The van der Waals surface area contributed by atoms with E-state index in [0.29, 0.717) is 16.7 Å². The van der Waals surface area contributed by atoms with Gasteiger partial charge in [-0.25, -0.2) is 0 Å². The first-order valence-corrected chi connectivity index (χ1v) is 4.25. The van der Waals surface area contributed by atoms with Gasteiger partial charge in [-0.05, 0) is 6.42 Å². The Morgan fingerprint density at radius 3 is 3.08 bits per heavy atom. The van der Waals surface area contributed by atoms with Gasteiger partial charge in [-0.2, -0.15) is 19.6 Å². The lowest BCUT2D eigenvalue weighted by atomic mass is 10.2. The number of hydrogen-bond donors (Lipinski definition) is 1. The minimum atomic E-state index is 0.403. The lowest BCUT2D eigenvalue weighted by Crippen LogP contribution is -2.05. The topological polar surface area (TPSA) is 69.1 Å².